The van der Waals surface area contributed by atoms with Crippen molar-refractivity contribution >= 4 is 5.97 Å². The van der Waals surface area contributed by atoms with E-state index in [1.54, 1.807) is 25.4 Å². The van der Waals surface area contributed by atoms with Crippen molar-refractivity contribution in [1.82, 2.24) is 9.88 Å². The Morgan fingerprint density at radius 3 is 2.73 bits per heavy atom. The predicted octanol–water partition coefficient (Wildman–Crippen LogP) is 4.90. The lowest BCUT2D eigenvalue weighted by Crippen LogP contribution is -2.23. The zero-order chi connectivity index (χ0) is 28.0. The number of methoxy groups -OCH3 is 1. The Bertz CT molecular complexity index is 1490. The molecule has 1 aromatic heterocycles. The number of rotatable bonds is 8. The number of aliphatic hydroxyl groups is 1. The lowest BCUT2D eigenvalue weighted by molar-refractivity contribution is -0.145. The molecule has 2 fully saturated rings. The number of aryl methyl sites for hydroxylation is 1. The van der Waals surface area contributed by atoms with Gasteiger partial charge >= 0.3 is 5.97 Å². The third-order valence-electron chi connectivity index (χ3n) is 8.69. The highest BCUT2D eigenvalue weighted by Gasteiger charge is 2.44. The minimum absolute atomic E-state index is 0.181. The summed E-state index contributed by atoms with van der Waals surface area (Å²) in [6.07, 6.45) is 3.22. The molecule has 1 aliphatic carbocycles. The van der Waals surface area contributed by atoms with Crippen LogP contribution in [0.4, 0.5) is 0 Å². The van der Waals surface area contributed by atoms with Crippen LogP contribution in [0.2, 0.25) is 0 Å². The minimum atomic E-state index is -1.11. The van der Waals surface area contributed by atoms with Gasteiger partial charge in [0.05, 0.1) is 24.7 Å². The van der Waals surface area contributed by atoms with Crippen molar-refractivity contribution in [1.29, 1.82) is 5.26 Å². The number of nitrogens with zero attached hydrogens (tertiary/aromatic N) is 3. The maximum absolute atomic E-state index is 11.4. The smallest absolute Gasteiger partial charge is 0.309 e. The van der Waals surface area contributed by atoms with Crippen LogP contribution in [0, 0.1) is 29.1 Å². The zero-order valence-corrected chi connectivity index (χ0v) is 22.7. The third kappa shape index (κ3) is 5.03. The van der Waals surface area contributed by atoms with E-state index >= 15 is 0 Å². The number of carbonyl (C=O) groups is 1. The molecule has 1 saturated heterocycles. The number of aliphatic hydroxyl groups excluding tert-OH is 1. The molecule has 0 spiro atoms. The number of aliphatic carboxylic acids is 1. The molecule has 1 saturated carbocycles. The molecule has 3 unspecified atom stereocenters. The second kappa shape index (κ2) is 10.6. The second-order valence-corrected chi connectivity index (χ2v) is 11.3. The first-order valence-corrected chi connectivity index (χ1v) is 13.8. The minimum Gasteiger partial charge on any atom is -0.485 e. The number of hydrogen-bond donors (Lipinski definition) is 2. The Labute approximate surface area is 233 Å². The van der Waals surface area contributed by atoms with Crippen molar-refractivity contribution in [2.75, 3.05) is 20.2 Å². The molecule has 2 aromatic carbocycles. The van der Waals surface area contributed by atoms with Crippen LogP contribution < -0.4 is 9.47 Å². The third-order valence-corrected chi connectivity index (χ3v) is 8.69. The summed E-state index contributed by atoms with van der Waals surface area (Å²) in [5.41, 5.74) is 6.07. The lowest BCUT2D eigenvalue weighted by Gasteiger charge is -2.29. The van der Waals surface area contributed by atoms with Crippen LogP contribution in [0.1, 0.15) is 59.8 Å². The number of piperidine rings is 1. The number of pyridine rings is 1. The molecule has 8 nitrogen and oxygen atoms in total. The highest BCUT2D eigenvalue weighted by Crippen LogP contribution is 2.46. The normalized spacial score (nSPS) is 22.8. The molecular weight excluding hydrogens is 506 g/mol. The van der Waals surface area contributed by atoms with Gasteiger partial charge in [-0.05, 0) is 71.9 Å². The van der Waals surface area contributed by atoms with Gasteiger partial charge in [0.1, 0.15) is 17.9 Å². The fourth-order valence-corrected chi connectivity index (χ4v) is 6.16. The van der Waals surface area contributed by atoms with E-state index in [1.807, 2.05) is 12.1 Å². The summed E-state index contributed by atoms with van der Waals surface area (Å²) in [5, 5.41) is 29.7. The number of nitriles is 1. The van der Waals surface area contributed by atoms with Crippen LogP contribution in [-0.4, -0.2) is 46.3 Å². The Morgan fingerprint density at radius 1 is 1.20 bits per heavy atom. The van der Waals surface area contributed by atoms with Crippen LogP contribution in [0.3, 0.4) is 0 Å². The van der Waals surface area contributed by atoms with Gasteiger partial charge in [-0.3, -0.25) is 9.69 Å². The number of carboxylic acid groups (broad SMARTS) is 1. The van der Waals surface area contributed by atoms with Gasteiger partial charge in [-0.1, -0.05) is 30.3 Å². The van der Waals surface area contributed by atoms with E-state index in [-0.39, 0.29) is 6.10 Å². The van der Waals surface area contributed by atoms with Crippen molar-refractivity contribution < 1.29 is 24.5 Å². The van der Waals surface area contributed by atoms with E-state index in [9.17, 15) is 20.3 Å². The number of likely N-dealkylation sites (tertiary alicyclic amines) is 1. The molecule has 40 heavy (non-hydrogen) atoms. The first-order valence-electron chi connectivity index (χ1n) is 13.8. The van der Waals surface area contributed by atoms with Crippen molar-refractivity contribution in [2.24, 2.45) is 17.8 Å². The van der Waals surface area contributed by atoms with Gasteiger partial charge in [-0.2, -0.15) is 5.26 Å². The molecule has 2 aliphatic heterocycles. The fourth-order valence-electron chi connectivity index (χ4n) is 6.16. The Kier molecular flexibility index (Phi) is 6.95. The SMILES string of the molecule is COc1cc(-c2ccc(C3CCc4ccc([C@H](O)[C@H](C)C(=O)O)cc4O3)cc2CN2CC3CC3C2)c(C#N)cn1. The first kappa shape index (κ1) is 26.3. The molecule has 0 amide bonds. The summed E-state index contributed by atoms with van der Waals surface area (Å²) in [6.45, 7) is 4.50. The summed E-state index contributed by atoms with van der Waals surface area (Å²) < 4.78 is 11.8. The van der Waals surface area contributed by atoms with Crippen LogP contribution in [0.15, 0.2) is 48.7 Å². The molecule has 0 bridgehead atoms. The first-order chi connectivity index (χ1) is 19.3. The fraction of sp³-hybridized carbons (Fsp3) is 0.406. The van der Waals surface area contributed by atoms with Crippen molar-refractivity contribution in [3.05, 3.63) is 76.5 Å². The Balaban J connectivity index is 1.32. The monoisotopic (exact) mass is 539 g/mol. The second-order valence-electron chi connectivity index (χ2n) is 11.3. The summed E-state index contributed by atoms with van der Waals surface area (Å²) in [6, 6.07) is 15.9. The average Bonchev–Trinajstić information content (AvgIpc) is 3.60. The Hall–Kier alpha value is -3.93. The van der Waals surface area contributed by atoms with E-state index < -0.39 is 18.0 Å². The molecule has 3 heterocycles. The topological polar surface area (TPSA) is 116 Å². The molecule has 206 valence electrons. The van der Waals surface area contributed by atoms with Crippen LogP contribution in [-0.2, 0) is 17.8 Å². The molecule has 6 rings (SSSR count). The van der Waals surface area contributed by atoms with Crippen LogP contribution in [0.5, 0.6) is 11.6 Å². The molecule has 0 radical (unpaired) electrons. The summed E-state index contributed by atoms with van der Waals surface area (Å²) in [7, 11) is 1.57. The zero-order valence-electron chi connectivity index (χ0n) is 22.7. The lowest BCUT2D eigenvalue weighted by atomic mass is 9.90. The molecule has 3 aromatic rings. The van der Waals surface area contributed by atoms with Gasteiger partial charge in [-0.15, -0.1) is 0 Å². The predicted molar refractivity (Wildman–Crippen MR) is 148 cm³/mol. The van der Waals surface area contributed by atoms with Gasteiger partial charge in [0.15, 0.2) is 0 Å². The highest BCUT2D eigenvalue weighted by atomic mass is 16.5. The highest BCUT2D eigenvalue weighted by molar-refractivity contribution is 5.74. The molecule has 5 atom stereocenters. The molecule has 8 heteroatoms. The van der Waals surface area contributed by atoms with Crippen LogP contribution >= 0.6 is 0 Å². The standard InChI is InChI=1S/C32H33N3O5/c1-18(32(37)38)31(36)21-4-3-19-6-8-28(40-29(19)11-21)20-5-7-26(27-12-30(39-2)34-14-25(27)13-33)24(9-20)17-35-15-22-10-23(22)16-35/h3-5,7,9,11-12,14,18,22-23,28,31,36H,6,8,10,15-17H2,1-2H3,(H,37,38)/t18-,22?,23?,28?,31+/m0/s1. The van der Waals surface area contributed by atoms with Crippen molar-refractivity contribution in [3.63, 3.8) is 0 Å². The summed E-state index contributed by atoms with van der Waals surface area (Å²) in [5.74, 6) is 0.811. The quantitative estimate of drug-likeness (QED) is 0.415. The number of benzene rings is 2. The van der Waals surface area contributed by atoms with E-state index in [0.717, 1.165) is 72.1 Å². The van der Waals surface area contributed by atoms with Gasteiger partial charge in [0, 0.05) is 37.5 Å². The van der Waals surface area contributed by atoms with Gasteiger partial charge in [-0.25, -0.2) is 4.98 Å². The van der Waals surface area contributed by atoms with E-state index in [0.29, 0.717) is 22.8 Å². The molecular formula is C32H33N3O5. The maximum Gasteiger partial charge on any atom is 0.309 e. The number of aromatic nitrogens is 1. The largest absolute Gasteiger partial charge is 0.485 e. The van der Waals surface area contributed by atoms with Gasteiger partial charge < -0.3 is 19.7 Å². The van der Waals surface area contributed by atoms with Crippen LogP contribution in [0.25, 0.3) is 11.1 Å². The number of carboxylic acids is 1. The van der Waals surface area contributed by atoms with E-state index in [1.165, 1.54) is 13.3 Å². The molecule has 2 N–H and O–H groups in total. The van der Waals surface area contributed by atoms with Gasteiger partial charge in [0.25, 0.3) is 0 Å². The van der Waals surface area contributed by atoms with Crippen molar-refractivity contribution in [2.45, 2.75) is 44.9 Å². The molecule has 3 aliphatic rings. The number of ether oxygens (including phenoxy) is 2. The van der Waals surface area contributed by atoms with E-state index in [2.05, 4.69) is 34.2 Å². The maximum atomic E-state index is 11.4. The average molecular weight is 540 g/mol. The summed E-state index contributed by atoms with van der Waals surface area (Å²) in [4.78, 5) is 18.1. The Morgan fingerprint density at radius 2 is 2.00 bits per heavy atom. The summed E-state index contributed by atoms with van der Waals surface area (Å²) >= 11 is 0. The van der Waals surface area contributed by atoms with E-state index in [4.69, 9.17) is 9.47 Å². The number of hydrogen-bond acceptors (Lipinski definition) is 7. The number of fused-ring (bicyclic) bond motifs is 2. The van der Waals surface area contributed by atoms with Gasteiger partial charge in [0.2, 0.25) is 5.88 Å². The van der Waals surface area contributed by atoms with Crippen molar-refractivity contribution in [3.8, 4) is 28.8 Å².